The molecular formula is C22H29O7P. The molecule has 2 saturated carbocycles. The van der Waals surface area contributed by atoms with E-state index in [2.05, 4.69) is 6.58 Å². The van der Waals surface area contributed by atoms with Crippen LogP contribution in [0, 0.1) is 11.3 Å². The summed E-state index contributed by atoms with van der Waals surface area (Å²) in [6.45, 7) is 9.93. The minimum Gasteiger partial charge on any atom is -0.423 e. The molecule has 3 aliphatic rings. The molecule has 1 aromatic rings. The van der Waals surface area contributed by atoms with Gasteiger partial charge in [-0.25, -0.2) is 4.79 Å². The number of fused-ring (bicyclic) bond motifs is 1. The van der Waals surface area contributed by atoms with Crippen LogP contribution >= 0.6 is 7.60 Å². The van der Waals surface area contributed by atoms with Crippen LogP contribution in [0.4, 0.5) is 0 Å². The maximum absolute atomic E-state index is 13.9. The Morgan fingerprint density at radius 1 is 1.17 bits per heavy atom. The Labute approximate surface area is 177 Å². The molecule has 3 fully saturated rings. The van der Waals surface area contributed by atoms with E-state index in [9.17, 15) is 9.36 Å². The van der Waals surface area contributed by atoms with Crippen molar-refractivity contribution in [2.24, 2.45) is 11.3 Å². The summed E-state index contributed by atoms with van der Waals surface area (Å²) < 4.78 is 42.5. The molecule has 0 aromatic heterocycles. The number of carbonyl (C=O) groups is 1. The third kappa shape index (κ3) is 3.37. The molecule has 0 N–H and O–H groups in total. The minimum absolute atomic E-state index is 0.130. The summed E-state index contributed by atoms with van der Waals surface area (Å²) in [4.78, 5) is 12.8. The fourth-order valence-corrected chi connectivity index (χ4v) is 7.58. The molecule has 30 heavy (non-hydrogen) atoms. The molecule has 4 rings (SSSR count). The highest BCUT2D eigenvalue weighted by molar-refractivity contribution is 7.55. The van der Waals surface area contributed by atoms with E-state index in [1.807, 2.05) is 6.07 Å². The minimum atomic E-state index is -3.58. The molecule has 7 nitrogen and oxygen atoms in total. The molecule has 2 aliphatic carbocycles. The molecule has 0 radical (unpaired) electrons. The van der Waals surface area contributed by atoms with E-state index in [0.717, 1.165) is 6.42 Å². The van der Waals surface area contributed by atoms with Crippen LogP contribution in [0.1, 0.15) is 40.0 Å². The van der Waals surface area contributed by atoms with E-state index >= 15 is 0 Å². The Bertz CT molecular complexity index is 855. The largest absolute Gasteiger partial charge is 0.423 e. The first kappa shape index (κ1) is 21.7. The molecule has 164 valence electrons. The van der Waals surface area contributed by atoms with E-state index in [1.54, 1.807) is 45.0 Å². The van der Waals surface area contributed by atoms with Gasteiger partial charge in [0.2, 0.25) is 0 Å². The molecule has 0 amide bonds. The average molecular weight is 436 g/mol. The van der Waals surface area contributed by atoms with E-state index in [4.69, 9.17) is 23.3 Å². The molecule has 1 heterocycles. The van der Waals surface area contributed by atoms with Gasteiger partial charge in [0.1, 0.15) is 10.9 Å². The first-order valence-corrected chi connectivity index (χ1v) is 12.0. The fraction of sp³-hybridized carbons (Fsp3) is 0.591. The Morgan fingerprint density at radius 3 is 2.37 bits per heavy atom. The van der Waals surface area contributed by atoms with Crippen LogP contribution in [-0.2, 0) is 27.9 Å². The van der Waals surface area contributed by atoms with E-state index in [1.165, 1.54) is 0 Å². The number of ether oxygens (including phenoxy) is 3. The lowest BCUT2D eigenvalue weighted by Crippen LogP contribution is -2.55. The predicted octanol–water partition coefficient (Wildman–Crippen LogP) is 4.67. The van der Waals surface area contributed by atoms with Crippen LogP contribution in [0.5, 0.6) is 5.75 Å². The van der Waals surface area contributed by atoms with Crippen LogP contribution in [0.25, 0.3) is 0 Å². The van der Waals surface area contributed by atoms with Gasteiger partial charge in [-0.2, -0.15) is 0 Å². The smallest absolute Gasteiger partial charge is 0.341 e. The second kappa shape index (κ2) is 7.88. The van der Waals surface area contributed by atoms with Gasteiger partial charge in [0.25, 0.3) is 0 Å². The Kier molecular flexibility index (Phi) is 5.71. The molecule has 3 unspecified atom stereocenters. The van der Waals surface area contributed by atoms with E-state index < -0.39 is 30.4 Å². The molecule has 3 atom stereocenters. The lowest BCUT2D eigenvalue weighted by Gasteiger charge is -2.48. The zero-order chi connectivity index (χ0) is 21.6. The number of esters is 1. The lowest BCUT2D eigenvalue weighted by molar-refractivity contribution is -0.388. The number of para-hydroxylation sites is 1. The maximum Gasteiger partial charge on any atom is 0.341 e. The molecule has 1 aromatic carbocycles. The van der Waals surface area contributed by atoms with Crippen LogP contribution in [0.2, 0.25) is 0 Å². The number of hydrogen-bond acceptors (Lipinski definition) is 7. The predicted molar refractivity (Wildman–Crippen MR) is 110 cm³/mol. The van der Waals surface area contributed by atoms with Gasteiger partial charge in [-0.3, -0.25) is 4.57 Å². The van der Waals surface area contributed by atoms with Gasteiger partial charge >= 0.3 is 13.6 Å². The summed E-state index contributed by atoms with van der Waals surface area (Å²) in [7, 11) is -3.58. The summed E-state index contributed by atoms with van der Waals surface area (Å²) in [6.07, 6.45) is 0.640. The SMILES string of the molecule is C=C(C(=O)Oc1ccccc1)C12CC1CC(C1OC(C)O1)(P(=O)(OCC)OCC)C2. The Balaban J connectivity index is 1.59. The molecule has 1 aliphatic heterocycles. The first-order chi connectivity index (χ1) is 14.3. The zero-order valence-electron chi connectivity index (χ0n) is 17.7. The quantitative estimate of drug-likeness (QED) is 0.241. The molecular weight excluding hydrogens is 407 g/mol. The topological polar surface area (TPSA) is 80.3 Å². The summed E-state index contributed by atoms with van der Waals surface area (Å²) in [6, 6.07) is 8.91. The van der Waals surface area contributed by atoms with Crippen LogP contribution in [0.3, 0.4) is 0 Å². The van der Waals surface area contributed by atoms with Crippen molar-refractivity contribution in [3.8, 4) is 5.75 Å². The molecule has 0 bridgehead atoms. The number of hydrogen-bond donors (Lipinski definition) is 0. The highest BCUT2D eigenvalue weighted by Crippen LogP contribution is 2.81. The third-order valence-corrected chi connectivity index (χ3v) is 9.31. The van der Waals surface area contributed by atoms with Crippen molar-refractivity contribution in [2.75, 3.05) is 13.2 Å². The Morgan fingerprint density at radius 2 is 1.80 bits per heavy atom. The average Bonchev–Trinajstić information content (AvgIpc) is 3.27. The summed E-state index contributed by atoms with van der Waals surface area (Å²) in [5, 5.41) is -0.968. The second-order valence-electron chi connectivity index (χ2n) is 8.23. The third-order valence-electron chi connectivity index (χ3n) is 6.47. The summed E-state index contributed by atoms with van der Waals surface area (Å²) in [5.74, 6) is 0.131. The lowest BCUT2D eigenvalue weighted by atomic mass is 9.89. The number of benzene rings is 1. The fourth-order valence-electron chi connectivity index (χ4n) is 5.01. The summed E-state index contributed by atoms with van der Waals surface area (Å²) in [5.41, 5.74) is -0.105. The number of rotatable bonds is 9. The first-order valence-electron chi connectivity index (χ1n) is 10.5. The van der Waals surface area contributed by atoms with Gasteiger partial charge in [-0.1, -0.05) is 24.8 Å². The molecule has 1 saturated heterocycles. The molecule has 8 heteroatoms. The van der Waals surface area contributed by atoms with Crippen LogP contribution < -0.4 is 4.74 Å². The standard InChI is InChI=1S/C22H29O7P/c1-5-25-30(24,26-6-2)22(20-27-16(4)28-20)13-17-12-21(17,14-22)15(3)19(23)29-18-10-8-7-9-11-18/h7-11,16-17,20H,3,5-6,12-14H2,1-2,4H3. The Hall–Kier alpha value is -1.50. The highest BCUT2D eigenvalue weighted by atomic mass is 31.2. The monoisotopic (exact) mass is 436 g/mol. The summed E-state index contributed by atoms with van der Waals surface area (Å²) >= 11 is 0. The van der Waals surface area contributed by atoms with Crippen molar-refractivity contribution in [3.05, 3.63) is 42.5 Å². The normalized spacial score (nSPS) is 34.7. The van der Waals surface area contributed by atoms with Gasteiger partial charge in [0.15, 0.2) is 12.6 Å². The molecule has 0 spiro atoms. The van der Waals surface area contributed by atoms with Gasteiger partial charge in [-0.05, 0) is 58.1 Å². The van der Waals surface area contributed by atoms with Crippen LogP contribution in [-0.4, -0.2) is 36.9 Å². The van der Waals surface area contributed by atoms with E-state index in [-0.39, 0.29) is 25.4 Å². The van der Waals surface area contributed by atoms with Crippen molar-refractivity contribution in [3.63, 3.8) is 0 Å². The van der Waals surface area contributed by atoms with Crippen molar-refractivity contribution in [1.82, 2.24) is 0 Å². The highest BCUT2D eigenvalue weighted by Gasteiger charge is 2.76. The number of carbonyl (C=O) groups excluding carboxylic acids is 1. The van der Waals surface area contributed by atoms with Gasteiger partial charge in [-0.15, -0.1) is 0 Å². The van der Waals surface area contributed by atoms with E-state index in [0.29, 0.717) is 24.2 Å². The van der Waals surface area contributed by atoms with Crippen molar-refractivity contribution in [2.45, 2.75) is 57.8 Å². The maximum atomic E-state index is 13.9. The second-order valence-corrected chi connectivity index (χ2v) is 10.6. The van der Waals surface area contributed by atoms with Crippen LogP contribution in [0.15, 0.2) is 42.5 Å². The van der Waals surface area contributed by atoms with Crippen molar-refractivity contribution in [1.29, 1.82) is 0 Å². The van der Waals surface area contributed by atoms with Gasteiger partial charge in [0.05, 0.1) is 13.2 Å². The van der Waals surface area contributed by atoms with Crippen molar-refractivity contribution >= 4 is 13.6 Å². The van der Waals surface area contributed by atoms with Crippen molar-refractivity contribution < 1.29 is 32.6 Å². The van der Waals surface area contributed by atoms with Gasteiger partial charge in [0, 0.05) is 11.0 Å². The zero-order valence-corrected chi connectivity index (χ0v) is 18.6. The van der Waals surface area contributed by atoms with Gasteiger partial charge < -0.3 is 23.3 Å².